The molecule has 0 aromatic heterocycles. The molecule has 0 aliphatic heterocycles. The molecule has 0 N–H and O–H groups in total. The molecular formula is C13H18. The highest BCUT2D eigenvalue weighted by molar-refractivity contribution is 5.23. The summed E-state index contributed by atoms with van der Waals surface area (Å²) < 4.78 is 0. The SMILES string of the molecule is C=C(C)[C@@H]1C[C@@H]2CC=C[C@H](C1)C2=C. The first kappa shape index (κ1) is 8.80. The van der Waals surface area contributed by atoms with E-state index in [2.05, 4.69) is 32.2 Å². The lowest BCUT2D eigenvalue weighted by molar-refractivity contribution is 0.319. The van der Waals surface area contributed by atoms with E-state index in [9.17, 15) is 0 Å². The van der Waals surface area contributed by atoms with Gasteiger partial charge in [-0.1, -0.05) is 36.5 Å². The van der Waals surface area contributed by atoms with Gasteiger partial charge in [-0.25, -0.2) is 0 Å². The minimum Gasteiger partial charge on any atom is -0.0999 e. The molecule has 0 aromatic carbocycles. The zero-order valence-electron chi connectivity index (χ0n) is 8.42. The Morgan fingerprint density at radius 2 is 2.23 bits per heavy atom. The number of hydrogen-bond donors (Lipinski definition) is 0. The predicted molar refractivity (Wildman–Crippen MR) is 57.4 cm³/mol. The van der Waals surface area contributed by atoms with Crippen LogP contribution in [0.15, 0.2) is 36.5 Å². The van der Waals surface area contributed by atoms with Gasteiger partial charge >= 0.3 is 0 Å². The van der Waals surface area contributed by atoms with Crippen LogP contribution in [0.4, 0.5) is 0 Å². The summed E-state index contributed by atoms with van der Waals surface area (Å²) in [5.74, 6) is 2.13. The number of rotatable bonds is 1. The van der Waals surface area contributed by atoms with Crippen LogP contribution in [0.25, 0.3) is 0 Å². The van der Waals surface area contributed by atoms with Crippen LogP contribution in [0.3, 0.4) is 0 Å². The third-order valence-electron chi connectivity index (χ3n) is 3.59. The van der Waals surface area contributed by atoms with Crippen LogP contribution in [0.5, 0.6) is 0 Å². The monoisotopic (exact) mass is 174 g/mol. The molecule has 0 spiro atoms. The molecule has 1 saturated carbocycles. The molecule has 0 aromatic rings. The Balaban J connectivity index is 2.18. The summed E-state index contributed by atoms with van der Waals surface area (Å²) in [6.45, 7) is 10.5. The molecule has 70 valence electrons. The van der Waals surface area contributed by atoms with Crippen LogP contribution in [0.2, 0.25) is 0 Å². The van der Waals surface area contributed by atoms with Gasteiger partial charge in [0.1, 0.15) is 0 Å². The minimum atomic E-state index is 0.647. The lowest BCUT2D eigenvalue weighted by atomic mass is 9.67. The molecule has 2 rings (SSSR count). The molecule has 0 heterocycles. The molecule has 0 amide bonds. The summed E-state index contributed by atoms with van der Waals surface area (Å²) in [6, 6.07) is 0. The van der Waals surface area contributed by atoms with Gasteiger partial charge in [-0.15, -0.1) is 0 Å². The van der Waals surface area contributed by atoms with Gasteiger partial charge in [0.25, 0.3) is 0 Å². The van der Waals surface area contributed by atoms with Gasteiger partial charge in [0, 0.05) is 0 Å². The Kier molecular flexibility index (Phi) is 2.15. The second-order valence-corrected chi connectivity index (χ2v) is 4.56. The number of hydrogen-bond acceptors (Lipinski definition) is 0. The van der Waals surface area contributed by atoms with E-state index in [0.29, 0.717) is 5.92 Å². The van der Waals surface area contributed by atoms with Crippen molar-refractivity contribution in [3.8, 4) is 0 Å². The largest absolute Gasteiger partial charge is 0.0999 e. The van der Waals surface area contributed by atoms with Gasteiger partial charge in [0.05, 0.1) is 0 Å². The maximum absolute atomic E-state index is 4.21. The maximum Gasteiger partial charge on any atom is -0.00174 e. The normalized spacial score (nSPS) is 37.6. The summed E-state index contributed by atoms with van der Waals surface area (Å²) in [4.78, 5) is 0. The van der Waals surface area contributed by atoms with Crippen molar-refractivity contribution in [3.05, 3.63) is 36.5 Å². The molecule has 2 bridgehead atoms. The van der Waals surface area contributed by atoms with E-state index in [-0.39, 0.29) is 0 Å². The first-order valence-electron chi connectivity index (χ1n) is 5.19. The van der Waals surface area contributed by atoms with E-state index in [1.54, 1.807) is 0 Å². The van der Waals surface area contributed by atoms with Crippen LogP contribution >= 0.6 is 0 Å². The van der Waals surface area contributed by atoms with Crippen molar-refractivity contribution >= 4 is 0 Å². The van der Waals surface area contributed by atoms with E-state index >= 15 is 0 Å². The highest BCUT2D eigenvalue weighted by atomic mass is 14.4. The van der Waals surface area contributed by atoms with Crippen molar-refractivity contribution in [1.29, 1.82) is 0 Å². The third kappa shape index (κ3) is 1.50. The summed E-state index contributed by atoms with van der Waals surface area (Å²) >= 11 is 0. The van der Waals surface area contributed by atoms with E-state index < -0.39 is 0 Å². The Bertz CT molecular complexity index is 270. The zero-order valence-corrected chi connectivity index (χ0v) is 8.42. The first-order chi connectivity index (χ1) is 6.18. The lowest BCUT2D eigenvalue weighted by Crippen LogP contribution is -2.26. The van der Waals surface area contributed by atoms with E-state index in [1.807, 2.05) is 0 Å². The average Bonchev–Trinajstić information content (AvgIpc) is 2.02. The lowest BCUT2D eigenvalue weighted by Gasteiger charge is -2.38. The second-order valence-electron chi connectivity index (χ2n) is 4.56. The molecule has 0 radical (unpaired) electrons. The van der Waals surface area contributed by atoms with Crippen molar-refractivity contribution in [1.82, 2.24) is 0 Å². The minimum absolute atomic E-state index is 0.647. The molecule has 0 heteroatoms. The summed E-state index contributed by atoms with van der Waals surface area (Å²) in [6.07, 6.45) is 8.42. The van der Waals surface area contributed by atoms with E-state index in [4.69, 9.17) is 0 Å². The van der Waals surface area contributed by atoms with Gasteiger partial charge in [0.2, 0.25) is 0 Å². The molecule has 2 aliphatic carbocycles. The Hall–Kier alpha value is -0.780. The smallest absolute Gasteiger partial charge is 0.00174 e. The predicted octanol–water partition coefficient (Wildman–Crippen LogP) is 3.72. The first-order valence-corrected chi connectivity index (χ1v) is 5.19. The summed E-state index contributed by atoms with van der Waals surface area (Å²) in [5, 5.41) is 0. The quantitative estimate of drug-likeness (QED) is 0.531. The zero-order chi connectivity index (χ0) is 9.42. The second kappa shape index (κ2) is 3.17. The standard InChI is InChI=1S/C13H18/c1-9(2)13-7-11-5-4-6-12(8-13)10(11)3/h4-5,11-13H,1,3,6-8H2,2H3/t11-,12+,13+/m1/s1. The van der Waals surface area contributed by atoms with Gasteiger partial charge in [-0.2, -0.15) is 0 Å². The molecule has 0 unspecified atom stereocenters. The van der Waals surface area contributed by atoms with Gasteiger partial charge in [-0.05, 0) is 43.9 Å². The fraction of sp³-hybridized carbons (Fsp3) is 0.538. The van der Waals surface area contributed by atoms with E-state index in [1.165, 1.54) is 30.4 Å². The molecule has 0 saturated heterocycles. The Morgan fingerprint density at radius 1 is 1.46 bits per heavy atom. The van der Waals surface area contributed by atoms with E-state index in [0.717, 1.165) is 11.8 Å². The van der Waals surface area contributed by atoms with Crippen LogP contribution < -0.4 is 0 Å². The van der Waals surface area contributed by atoms with Crippen molar-refractivity contribution in [2.45, 2.75) is 26.2 Å². The molecule has 3 atom stereocenters. The Morgan fingerprint density at radius 3 is 2.85 bits per heavy atom. The topological polar surface area (TPSA) is 0 Å². The van der Waals surface area contributed by atoms with Crippen LogP contribution in [-0.4, -0.2) is 0 Å². The number of allylic oxidation sites excluding steroid dienone is 4. The molecule has 13 heavy (non-hydrogen) atoms. The maximum atomic E-state index is 4.21. The Labute approximate surface area is 81.0 Å². The fourth-order valence-corrected chi connectivity index (χ4v) is 2.61. The molecule has 1 fully saturated rings. The third-order valence-corrected chi connectivity index (χ3v) is 3.59. The van der Waals surface area contributed by atoms with Gasteiger partial charge in [0.15, 0.2) is 0 Å². The van der Waals surface area contributed by atoms with Crippen molar-refractivity contribution in [2.75, 3.05) is 0 Å². The van der Waals surface area contributed by atoms with Crippen molar-refractivity contribution < 1.29 is 0 Å². The van der Waals surface area contributed by atoms with Crippen LogP contribution in [-0.2, 0) is 0 Å². The van der Waals surface area contributed by atoms with Crippen molar-refractivity contribution in [3.63, 3.8) is 0 Å². The van der Waals surface area contributed by atoms with Crippen LogP contribution in [0, 0.1) is 17.8 Å². The molecule has 2 aliphatic rings. The highest BCUT2D eigenvalue weighted by Gasteiger charge is 2.32. The van der Waals surface area contributed by atoms with Crippen molar-refractivity contribution in [2.24, 2.45) is 17.8 Å². The fourth-order valence-electron chi connectivity index (χ4n) is 2.61. The highest BCUT2D eigenvalue weighted by Crippen LogP contribution is 2.44. The van der Waals surface area contributed by atoms with Crippen LogP contribution in [0.1, 0.15) is 26.2 Å². The summed E-state index contributed by atoms with van der Waals surface area (Å²) in [5.41, 5.74) is 2.83. The van der Waals surface area contributed by atoms with Gasteiger partial charge < -0.3 is 0 Å². The number of fused-ring (bicyclic) bond motifs is 2. The molecular weight excluding hydrogens is 156 g/mol. The molecule has 0 nitrogen and oxygen atoms in total. The summed E-state index contributed by atoms with van der Waals surface area (Å²) in [7, 11) is 0. The van der Waals surface area contributed by atoms with Gasteiger partial charge in [-0.3, -0.25) is 0 Å². The average molecular weight is 174 g/mol.